The third kappa shape index (κ3) is 4.64. The molecule has 8 nitrogen and oxygen atoms in total. The Bertz CT molecular complexity index is 816. The predicted octanol–water partition coefficient (Wildman–Crippen LogP) is 1.75. The Kier molecular flexibility index (Phi) is 7.10. The SMILES string of the molecule is CCOC(=O)C1=C(CN2CCN(C(C)=O)CC2)N(CC)C(=O)NC1c1ccccc1. The second-order valence-electron chi connectivity index (χ2n) is 7.40. The van der Waals surface area contributed by atoms with Crippen molar-refractivity contribution in [3.8, 4) is 0 Å². The summed E-state index contributed by atoms with van der Waals surface area (Å²) in [6.07, 6.45) is 0. The molecule has 0 saturated carbocycles. The van der Waals surface area contributed by atoms with Gasteiger partial charge in [-0.05, 0) is 19.4 Å². The Hall–Kier alpha value is -2.87. The van der Waals surface area contributed by atoms with E-state index >= 15 is 0 Å². The number of carbonyl (C=O) groups excluding carboxylic acids is 3. The molecule has 30 heavy (non-hydrogen) atoms. The van der Waals surface area contributed by atoms with Crippen molar-refractivity contribution < 1.29 is 19.1 Å². The van der Waals surface area contributed by atoms with Crippen molar-refractivity contribution in [3.05, 3.63) is 47.2 Å². The van der Waals surface area contributed by atoms with Crippen LogP contribution in [0, 0.1) is 0 Å². The minimum Gasteiger partial charge on any atom is -0.463 e. The lowest BCUT2D eigenvalue weighted by Crippen LogP contribution is -2.53. The second kappa shape index (κ2) is 9.75. The summed E-state index contributed by atoms with van der Waals surface area (Å²) in [5.41, 5.74) is 1.98. The van der Waals surface area contributed by atoms with Crippen LogP contribution >= 0.6 is 0 Å². The van der Waals surface area contributed by atoms with Crippen molar-refractivity contribution in [2.24, 2.45) is 0 Å². The Morgan fingerprint density at radius 3 is 2.33 bits per heavy atom. The molecule has 0 aromatic heterocycles. The van der Waals surface area contributed by atoms with Crippen LogP contribution in [0.15, 0.2) is 41.6 Å². The molecule has 1 saturated heterocycles. The Morgan fingerprint density at radius 1 is 1.10 bits per heavy atom. The van der Waals surface area contributed by atoms with Gasteiger partial charge in [0.15, 0.2) is 0 Å². The van der Waals surface area contributed by atoms with E-state index in [-0.39, 0.29) is 18.5 Å². The largest absolute Gasteiger partial charge is 0.463 e. The van der Waals surface area contributed by atoms with E-state index in [0.717, 1.165) is 5.56 Å². The first kappa shape index (κ1) is 21.8. The zero-order valence-corrected chi connectivity index (χ0v) is 17.9. The molecule has 8 heteroatoms. The highest BCUT2D eigenvalue weighted by molar-refractivity contribution is 5.95. The molecular weight excluding hydrogens is 384 g/mol. The van der Waals surface area contributed by atoms with Crippen molar-refractivity contribution in [1.82, 2.24) is 20.0 Å². The maximum atomic E-state index is 13.0. The van der Waals surface area contributed by atoms with Crippen LogP contribution in [0.1, 0.15) is 32.4 Å². The monoisotopic (exact) mass is 414 g/mol. The van der Waals surface area contributed by atoms with Gasteiger partial charge in [0, 0.05) is 51.9 Å². The number of nitrogens with zero attached hydrogens (tertiary/aromatic N) is 3. The van der Waals surface area contributed by atoms with Gasteiger partial charge in [0.2, 0.25) is 5.91 Å². The minimum atomic E-state index is -0.561. The molecule has 1 atom stereocenters. The first-order chi connectivity index (χ1) is 14.5. The number of benzene rings is 1. The summed E-state index contributed by atoms with van der Waals surface area (Å²) in [6.45, 7) is 9.04. The zero-order chi connectivity index (χ0) is 21.7. The lowest BCUT2D eigenvalue weighted by Gasteiger charge is -2.40. The fourth-order valence-corrected chi connectivity index (χ4v) is 3.99. The fourth-order valence-electron chi connectivity index (χ4n) is 3.99. The van der Waals surface area contributed by atoms with E-state index in [1.807, 2.05) is 42.2 Å². The number of likely N-dealkylation sites (N-methyl/N-ethyl adjacent to an activating group) is 1. The van der Waals surface area contributed by atoms with Crippen molar-refractivity contribution in [2.75, 3.05) is 45.9 Å². The van der Waals surface area contributed by atoms with E-state index in [1.165, 1.54) is 0 Å². The summed E-state index contributed by atoms with van der Waals surface area (Å²) < 4.78 is 5.38. The minimum absolute atomic E-state index is 0.0671. The van der Waals surface area contributed by atoms with Gasteiger partial charge in [0.25, 0.3) is 0 Å². The predicted molar refractivity (Wildman–Crippen MR) is 112 cm³/mol. The Labute approximate surface area is 177 Å². The molecule has 1 unspecified atom stereocenters. The summed E-state index contributed by atoms with van der Waals surface area (Å²) in [5, 5.41) is 2.97. The van der Waals surface area contributed by atoms with Gasteiger partial charge in [-0.25, -0.2) is 9.59 Å². The Balaban J connectivity index is 1.97. The molecule has 0 radical (unpaired) electrons. The first-order valence-electron chi connectivity index (χ1n) is 10.5. The molecule has 0 aliphatic carbocycles. The van der Waals surface area contributed by atoms with Crippen LogP contribution in [-0.2, 0) is 14.3 Å². The number of hydrogen-bond donors (Lipinski definition) is 1. The smallest absolute Gasteiger partial charge is 0.338 e. The average molecular weight is 415 g/mol. The van der Waals surface area contributed by atoms with Gasteiger partial charge in [0.05, 0.1) is 18.2 Å². The fraction of sp³-hybridized carbons (Fsp3) is 0.500. The number of hydrogen-bond acceptors (Lipinski definition) is 5. The normalized spacial score (nSPS) is 20.2. The number of carbonyl (C=O) groups is 3. The summed E-state index contributed by atoms with van der Waals surface area (Å²) in [6, 6.07) is 8.68. The molecule has 2 aliphatic heterocycles. The number of rotatable bonds is 6. The highest BCUT2D eigenvalue weighted by Gasteiger charge is 2.38. The van der Waals surface area contributed by atoms with Crippen LogP contribution in [0.3, 0.4) is 0 Å². The lowest BCUT2D eigenvalue weighted by atomic mass is 9.94. The van der Waals surface area contributed by atoms with Crippen LogP contribution in [0.25, 0.3) is 0 Å². The van der Waals surface area contributed by atoms with Gasteiger partial charge < -0.3 is 15.0 Å². The maximum Gasteiger partial charge on any atom is 0.338 e. The molecule has 0 bridgehead atoms. The molecule has 0 spiro atoms. The van der Waals surface area contributed by atoms with Gasteiger partial charge in [-0.3, -0.25) is 14.6 Å². The third-order valence-electron chi connectivity index (χ3n) is 5.57. The Morgan fingerprint density at radius 2 is 1.77 bits per heavy atom. The van der Waals surface area contributed by atoms with Crippen molar-refractivity contribution in [3.63, 3.8) is 0 Å². The van der Waals surface area contributed by atoms with Crippen LogP contribution in [-0.4, -0.2) is 78.5 Å². The van der Waals surface area contributed by atoms with E-state index in [2.05, 4.69) is 10.2 Å². The topological polar surface area (TPSA) is 82.2 Å². The number of ether oxygens (including phenoxy) is 1. The number of urea groups is 1. The molecule has 1 aromatic carbocycles. The highest BCUT2D eigenvalue weighted by Crippen LogP contribution is 2.32. The quantitative estimate of drug-likeness (QED) is 0.718. The lowest BCUT2D eigenvalue weighted by molar-refractivity contribution is -0.139. The second-order valence-corrected chi connectivity index (χ2v) is 7.40. The third-order valence-corrected chi connectivity index (χ3v) is 5.57. The first-order valence-corrected chi connectivity index (χ1v) is 10.5. The summed E-state index contributed by atoms with van der Waals surface area (Å²) in [7, 11) is 0. The van der Waals surface area contributed by atoms with Crippen molar-refractivity contribution in [2.45, 2.75) is 26.8 Å². The molecule has 2 aliphatic rings. The van der Waals surface area contributed by atoms with Gasteiger partial charge in [0.1, 0.15) is 0 Å². The molecule has 3 rings (SSSR count). The van der Waals surface area contributed by atoms with E-state index < -0.39 is 12.0 Å². The van der Waals surface area contributed by atoms with E-state index in [0.29, 0.717) is 50.5 Å². The zero-order valence-electron chi connectivity index (χ0n) is 17.9. The van der Waals surface area contributed by atoms with Crippen LogP contribution in [0.5, 0.6) is 0 Å². The summed E-state index contributed by atoms with van der Waals surface area (Å²) in [5.74, 6) is -0.348. The molecule has 1 N–H and O–H groups in total. The summed E-state index contributed by atoms with van der Waals surface area (Å²) in [4.78, 5) is 43.1. The van der Waals surface area contributed by atoms with Gasteiger partial charge in [-0.15, -0.1) is 0 Å². The van der Waals surface area contributed by atoms with Crippen LogP contribution in [0.4, 0.5) is 4.79 Å². The maximum absolute atomic E-state index is 13.0. The molecule has 162 valence electrons. The molecule has 3 amide bonds. The van der Waals surface area contributed by atoms with E-state index in [9.17, 15) is 14.4 Å². The van der Waals surface area contributed by atoms with Crippen molar-refractivity contribution in [1.29, 1.82) is 0 Å². The van der Waals surface area contributed by atoms with Gasteiger partial charge in [-0.1, -0.05) is 30.3 Å². The number of amides is 3. The standard InChI is InChI=1S/C22H30N4O4/c1-4-26-18(15-24-11-13-25(14-12-24)16(3)27)19(21(28)30-5-2)20(23-22(26)29)17-9-7-6-8-10-17/h6-10,20H,4-5,11-15H2,1-3H3,(H,23,29). The van der Waals surface area contributed by atoms with E-state index in [1.54, 1.807) is 18.7 Å². The summed E-state index contributed by atoms with van der Waals surface area (Å²) >= 11 is 0. The van der Waals surface area contributed by atoms with E-state index in [4.69, 9.17) is 4.74 Å². The highest BCUT2D eigenvalue weighted by atomic mass is 16.5. The molecule has 1 fully saturated rings. The van der Waals surface area contributed by atoms with Crippen LogP contribution in [0.2, 0.25) is 0 Å². The van der Waals surface area contributed by atoms with Crippen LogP contribution < -0.4 is 5.32 Å². The molecular formula is C22H30N4O4. The number of nitrogens with one attached hydrogen (secondary N) is 1. The molecule has 2 heterocycles. The van der Waals surface area contributed by atoms with Gasteiger partial charge in [-0.2, -0.15) is 0 Å². The van der Waals surface area contributed by atoms with Gasteiger partial charge >= 0.3 is 12.0 Å². The molecule has 1 aromatic rings. The number of esters is 1. The number of piperazine rings is 1. The average Bonchev–Trinajstić information content (AvgIpc) is 2.74. The van der Waals surface area contributed by atoms with Crippen molar-refractivity contribution >= 4 is 17.9 Å².